The van der Waals surface area contributed by atoms with Crippen LogP contribution in [0.25, 0.3) is 0 Å². The molecule has 1 heterocycles. The number of rotatable bonds is 4. The van der Waals surface area contributed by atoms with Crippen LogP contribution in [0.4, 0.5) is 0 Å². The Morgan fingerprint density at radius 1 is 1.29 bits per heavy atom. The first kappa shape index (κ1) is 15.1. The second-order valence-electron chi connectivity index (χ2n) is 4.60. The minimum atomic E-state index is -1.24. The molecule has 0 aromatic heterocycles. The Labute approximate surface area is 125 Å². The molecule has 2 rings (SSSR count). The fourth-order valence-electron chi connectivity index (χ4n) is 2.31. The second-order valence-corrected chi connectivity index (χ2v) is 5.04. The molecule has 0 unspecified atom stereocenters. The van der Waals surface area contributed by atoms with Gasteiger partial charge in [-0.1, -0.05) is 23.7 Å². The molecule has 0 aliphatic carbocycles. The standard InChI is InChI=1S/C14H12ClNO5/c1-7(17)11-12(8-2-4-9(15)5-3-8)16(6-10(18)19)14(21)13(11)20/h2-5,12,20H,6H2,1H3,(H,18,19)/t12-/m0/s1. The third-order valence-electron chi connectivity index (χ3n) is 3.17. The van der Waals surface area contributed by atoms with Crippen molar-refractivity contribution >= 4 is 29.3 Å². The second kappa shape index (κ2) is 5.57. The van der Waals surface area contributed by atoms with E-state index in [1.54, 1.807) is 24.3 Å². The molecule has 6 nitrogen and oxygen atoms in total. The number of Topliss-reactive ketones (excluding diaryl/α,β-unsaturated/α-hetero) is 1. The number of aliphatic carboxylic acids is 1. The number of carbonyl (C=O) groups is 3. The van der Waals surface area contributed by atoms with Crippen molar-refractivity contribution in [2.24, 2.45) is 0 Å². The maximum absolute atomic E-state index is 12.0. The highest BCUT2D eigenvalue weighted by atomic mass is 35.5. The molecule has 0 spiro atoms. The first-order valence-corrected chi connectivity index (χ1v) is 6.43. The summed E-state index contributed by atoms with van der Waals surface area (Å²) in [7, 11) is 0. The lowest BCUT2D eigenvalue weighted by molar-refractivity contribution is -0.144. The van der Waals surface area contributed by atoms with Crippen LogP contribution < -0.4 is 0 Å². The van der Waals surface area contributed by atoms with E-state index in [0.717, 1.165) is 4.90 Å². The van der Waals surface area contributed by atoms with E-state index >= 15 is 0 Å². The average molecular weight is 310 g/mol. The minimum absolute atomic E-state index is 0.108. The molecule has 0 saturated carbocycles. The lowest BCUT2D eigenvalue weighted by Gasteiger charge is -2.24. The molecule has 0 saturated heterocycles. The van der Waals surface area contributed by atoms with Gasteiger partial charge in [0, 0.05) is 5.02 Å². The van der Waals surface area contributed by atoms with E-state index in [0.29, 0.717) is 10.6 Å². The Bertz CT molecular complexity index is 650. The highest BCUT2D eigenvalue weighted by Gasteiger charge is 2.43. The Morgan fingerprint density at radius 3 is 2.33 bits per heavy atom. The number of amides is 1. The van der Waals surface area contributed by atoms with Gasteiger partial charge in [0.2, 0.25) is 0 Å². The molecule has 1 aromatic rings. The van der Waals surface area contributed by atoms with Gasteiger partial charge >= 0.3 is 5.97 Å². The van der Waals surface area contributed by atoms with Crippen molar-refractivity contribution in [3.05, 3.63) is 46.2 Å². The Morgan fingerprint density at radius 2 is 1.86 bits per heavy atom. The Kier molecular flexibility index (Phi) is 3.99. The number of hydrogen-bond donors (Lipinski definition) is 2. The molecular weight excluding hydrogens is 298 g/mol. The smallest absolute Gasteiger partial charge is 0.323 e. The van der Waals surface area contributed by atoms with Gasteiger partial charge in [-0.2, -0.15) is 0 Å². The fraction of sp³-hybridized carbons (Fsp3) is 0.214. The largest absolute Gasteiger partial charge is 0.503 e. The summed E-state index contributed by atoms with van der Waals surface area (Å²) in [4.78, 5) is 35.6. The normalized spacial score (nSPS) is 18.3. The number of hydrogen-bond acceptors (Lipinski definition) is 4. The molecule has 0 bridgehead atoms. The van der Waals surface area contributed by atoms with E-state index in [-0.39, 0.29) is 5.57 Å². The van der Waals surface area contributed by atoms with Crippen molar-refractivity contribution in [1.29, 1.82) is 0 Å². The van der Waals surface area contributed by atoms with Gasteiger partial charge in [0.25, 0.3) is 5.91 Å². The SMILES string of the molecule is CC(=O)C1=C(O)C(=O)N(CC(=O)O)[C@H]1c1ccc(Cl)cc1. The average Bonchev–Trinajstić information content (AvgIpc) is 2.64. The van der Waals surface area contributed by atoms with Crippen molar-refractivity contribution in [1.82, 2.24) is 4.90 Å². The van der Waals surface area contributed by atoms with Crippen molar-refractivity contribution in [2.75, 3.05) is 6.54 Å². The zero-order valence-electron chi connectivity index (χ0n) is 11.0. The molecule has 0 radical (unpaired) electrons. The molecule has 1 amide bonds. The van der Waals surface area contributed by atoms with Gasteiger partial charge in [-0.25, -0.2) is 0 Å². The minimum Gasteiger partial charge on any atom is -0.503 e. The lowest BCUT2D eigenvalue weighted by atomic mass is 9.97. The third kappa shape index (κ3) is 2.75. The molecule has 7 heteroatoms. The summed E-state index contributed by atoms with van der Waals surface area (Å²) < 4.78 is 0. The maximum Gasteiger partial charge on any atom is 0.323 e. The first-order valence-electron chi connectivity index (χ1n) is 6.05. The van der Waals surface area contributed by atoms with Crippen LogP contribution in [-0.4, -0.2) is 39.3 Å². The van der Waals surface area contributed by atoms with Crippen LogP contribution in [0.15, 0.2) is 35.6 Å². The highest BCUT2D eigenvalue weighted by Crippen LogP contribution is 2.37. The number of halogens is 1. The van der Waals surface area contributed by atoms with E-state index < -0.39 is 36.0 Å². The monoisotopic (exact) mass is 309 g/mol. The summed E-state index contributed by atoms with van der Waals surface area (Å²) in [6.07, 6.45) is 0. The summed E-state index contributed by atoms with van der Waals surface area (Å²) >= 11 is 5.79. The van der Waals surface area contributed by atoms with E-state index in [1.165, 1.54) is 6.92 Å². The van der Waals surface area contributed by atoms with Crippen LogP contribution in [0.3, 0.4) is 0 Å². The molecular formula is C14H12ClNO5. The van der Waals surface area contributed by atoms with Crippen LogP contribution in [-0.2, 0) is 14.4 Å². The highest BCUT2D eigenvalue weighted by molar-refractivity contribution is 6.30. The van der Waals surface area contributed by atoms with Crippen LogP contribution in [0.1, 0.15) is 18.5 Å². The Hall–Kier alpha value is -2.34. The molecule has 1 aromatic carbocycles. The maximum atomic E-state index is 12.0. The number of carbonyl (C=O) groups excluding carboxylic acids is 2. The van der Waals surface area contributed by atoms with Gasteiger partial charge in [-0.15, -0.1) is 0 Å². The number of ketones is 1. The van der Waals surface area contributed by atoms with Gasteiger partial charge in [0.15, 0.2) is 11.5 Å². The number of benzene rings is 1. The zero-order valence-corrected chi connectivity index (χ0v) is 11.8. The predicted octanol–water partition coefficient (Wildman–Crippen LogP) is 1.71. The third-order valence-corrected chi connectivity index (χ3v) is 3.43. The van der Waals surface area contributed by atoms with Crippen LogP contribution >= 0.6 is 11.6 Å². The van der Waals surface area contributed by atoms with Crippen LogP contribution in [0.2, 0.25) is 5.02 Å². The number of aliphatic hydroxyl groups is 1. The number of nitrogens with zero attached hydrogens (tertiary/aromatic N) is 1. The number of aliphatic hydroxyl groups excluding tert-OH is 1. The summed E-state index contributed by atoms with van der Waals surface area (Å²) in [5, 5.41) is 19.2. The summed E-state index contributed by atoms with van der Waals surface area (Å²) in [6, 6.07) is 5.36. The zero-order chi connectivity index (χ0) is 15.7. The van der Waals surface area contributed by atoms with Gasteiger partial charge in [-0.3, -0.25) is 14.4 Å². The van der Waals surface area contributed by atoms with Gasteiger partial charge in [-0.05, 0) is 24.6 Å². The summed E-state index contributed by atoms with van der Waals surface area (Å²) in [5.41, 5.74) is 0.395. The molecule has 21 heavy (non-hydrogen) atoms. The van der Waals surface area contributed by atoms with Crippen molar-refractivity contribution in [3.63, 3.8) is 0 Å². The van der Waals surface area contributed by atoms with Crippen molar-refractivity contribution in [3.8, 4) is 0 Å². The van der Waals surface area contributed by atoms with E-state index in [9.17, 15) is 19.5 Å². The number of carboxylic acid groups (broad SMARTS) is 1. The van der Waals surface area contributed by atoms with E-state index in [4.69, 9.17) is 16.7 Å². The van der Waals surface area contributed by atoms with Crippen molar-refractivity contribution in [2.45, 2.75) is 13.0 Å². The van der Waals surface area contributed by atoms with Gasteiger partial charge in [0.05, 0.1) is 11.6 Å². The van der Waals surface area contributed by atoms with Crippen molar-refractivity contribution < 1.29 is 24.6 Å². The predicted molar refractivity (Wildman–Crippen MR) is 73.9 cm³/mol. The number of carboxylic acids is 1. The molecule has 110 valence electrons. The van der Waals surface area contributed by atoms with Crippen LogP contribution in [0, 0.1) is 0 Å². The molecule has 1 aliphatic rings. The van der Waals surface area contributed by atoms with Gasteiger partial charge < -0.3 is 15.1 Å². The molecule has 2 N–H and O–H groups in total. The summed E-state index contributed by atoms with van der Waals surface area (Å²) in [5.74, 6) is -3.31. The van der Waals surface area contributed by atoms with E-state index in [1.807, 2.05) is 0 Å². The van der Waals surface area contributed by atoms with E-state index in [2.05, 4.69) is 0 Å². The first-order chi connectivity index (χ1) is 9.82. The quantitative estimate of drug-likeness (QED) is 0.883. The molecule has 1 atom stereocenters. The molecule has 1 aliphatic heterocycles. The molecule has 0 fully saturated rings. The lowest BCUT2D eigenvalue weighted by Crippen LogP contribution is -2.35. The van der Waals surface area contributed by atoms with Crippen LogP contribution in [0.5, 0.6) is 0 Å². The fourth-order valence-corrected chi connectivity index (χ4v) is 2.44. The summed E-state index contributed by atoms with van der Waals surface area (Å²) in [6.45, 7) is 0.596. The van der Waals surface area contributed by atoms with Gasteiger partial charge in [0.1, 0.15) is 6.54 Å². The Balaban J connectivity index is 2.53. The topological polar surface area (TPSA) is 94.9 Å².